The van der Waals surface area contributed by atoms with Crippen molar-refractivity contribution >= 4 is 11.6 Å². The summed E-state index contributed by atoms with van der Waals surface area (Å²) < 4.78 is 0. The van der Waals surface area contributed by atoms with Crippen LogP contribution < -0.4 is 10.6 Å². The Labute approximate surface area is 114 Å². The zero-order chi connectivity index (χ0) is 14.1. The Morgan fingerprint density at radius 2 is 1.84 bits per heavy atom. The summed E-state index contributed by atoms with van der Waals surface area (Å²) in [4.78, 5) is 8.49. The first-order chi connectivity index (χ1) is 9.22. The second-order valence-electron chi connectivity index (χ2n) is 4.44. The molecule has 0 radical (unpaired) electrons. The molecule has 0 amide bonds. The Kier molecular flexibility index (Phi) is 7.14. The van der Waals surface area contributed by atoms with E-state index in [1.165, 1.54) is 6.33 Å². The summed E-state index contributed by atoms with van der Waals surface area (Å²) in [5, 5.41) is 24.6. The number of anilines is 2. The van der Waals surface area contributed by atoms with E-state index < -0.39 is 6.10 Å². The number of hydrogen-bond acceptors (Lipinski definition) is 6. The van der Waals surface area contributed by atoms with E-state index in [4.69, 9.17) is 5.11 Å². The summed E-state index contributed by atoms with van der Waals surface area (Å²) in [7, 11) is 0. The maximum atomic E-state index is 9.38. The molecule has 0 aliphatic heterocycles. The number of hydrogen-bond donors (Lipinski definition) is 4. The van der Waals surface area contributed by atoms with Crippen LogP contribution in [0.2, 0.25) is 0 Å². The number of nitrogens with one attached hydrogen (secondary N) is 2. The van der Waals surface area contributed by atoms with Crippen molar-refractivity contribution in [3.63, 3.8) is 0 Å². The first kappa shape index (κ1) is 15.7. The summed E-state index contributed by atoms with van der Waals surface area (Å²) >= 11 is 0. The number of aliphatic hydroxyl groups excluding tert-OH is 2. The van der Waals surface area contributed by atoms with Crippen molar-refractivity contribution in [3.8, 4) is 0 Å². The maximum absolute atomic E-state index is 9.38. The van der Waals surface area contributed by atoms with Gasteiger partial charge in [-0.25, -0.2) is 9.97 Å². The van der Waals surface area contributed by atoms with E-state index in [1.54, 1.807) is 0 Å². The van der Waals surface area contributed by atoms with Crippen LogP contribution in [0, 0.1) is 0 Å². The van der Waals surface area contributed by atoms with Crippen LogP contribution in [0.3, 0.4) is 0 Å². The van der Waals surface area contributed by atoms with Crippen LogP contribution in [-0.4, -0.2) is 46.0 Å². The highest BCUT2D eigenvalue weighted by molar-refractivity contribution is 5.57. The third kappa shape index (κ3) is 5.00. The number of nitrogens with zero attached hydrogens (tertiary/aromatic N) is 2. The molecule has 0 saturated carbocycles. The highest BCUT2D eigenvalue weighted by atomic mass is 16.3. The van der Waals surface area contributed by atoms with E-state index >= 15 is 0 Å². The van der Waals surface area contributed by atoms with Crippen LogP contribution in [-0.2, 0) is 6.42 Å². The van der Waals surface area contributed by atoms with Crippen LogP contribution in [0.25, 0.3) is 0 Å². The highest BCUT2D eigenvalue weighted by Crippen LogP contribution is 2.21. The third-order valence-electron chi connectivity index (χ3n) is 2.70. The van der Waals surface area contributed by atoms with E-state index in [1.807, 2.05) is 0 Å². The summed E-state index contributed by atoms with van der Waals surface area (Å²) in [6.45, 7) is 5.08. The van der Waals surface area contributed by atoms with Gasteiger partial charge in [-0.3, -0.25) is 0 Å². The third-order valence-corrected chi connectivity index (χ3v) is 2.70. The Balaban J connectivity index is 2.82. The van der Waals surface area contributed by atoms with E-state index in [0.29, 0.717) is 0 Å². The van der Waals surface area contributed by atoms with Crippen LogP contribution in [0.4, 0.5) is 11.6 Å². The Morgan fingerprint density at radius 3 is 2.42 bits per heavy atom. The van der Waals surface area contributed by atoms with Gasteiger partial charge in [0.25, 0.3) is 0 Å². The van der Waals surface area contributed by atoms with Gasteiger partial charge in [-0.2, -0.15) is 0 Å². The highest BCUT2D eigenvalue weighted by Gasteiger charge is 2.11. The molecule has 1 heterocycles. The molecule has 1 aromatic heterocycles. The molecule has 0 fully saturated rings. The molecule has 0 spiro atoms. The van der Waals surface area contributed by atoms with E-state index in [-0.39, 0.29) is 13.2 Å². The lowest BCUT2D eigenvalue weighted by atomic mass is 10.1. The van der Waals surface area contributed by atoms with Gasteiger partial charge in [0.2, 0.25) is 0 Å². The largest absolute Gasteiger partial charge is 0.394 e. The van der Waals surface area contributed by atoms with Gasteiger partial charge in [0, 0.05) is 18.7 Å². The zero-order valence-electron chi connectivity index (χ0n) is 11.7. The molecule has 1 rings (SSSR count). The molecule has 4 N–H and O–H groups in total. The average molecular weight is 268 g/mol. The van der Waals surface area contributed by atoms with Gasteiger partial charge >= 0.3 is 0 Å². The van der Waals surface area contributed by atoms with Gasteiger partial charge in [0.15, 0.2) is 0 Å². The molecule has 1 unspecified atom stereocenters. The molecule has 1 aromatic rings. The lowest BCUT2D eigenvalue weighted by Gasteiger charge is -2.16. The van der Waals surface area contributed by atoms with Crippen molar-refractivity contribution < 1.29 is 10.2 Å². The van der Waals surface area contributed by atoms with Gasteiger partial charge in [0.05, 0.1) is 12.7 Å². The molecule has 0 aromatic carbocycles. The molecule has 108 valence electrons. The van der Waals surface area contributed by atoms with E-state index in [9.17, 15) is 5.11 Å². The van der Waals surface area contributed by atoms with Crippen LogP contribution in [0.5, 0.6) is 0 Å². The first-order valence-electron chi connectivity index (χ1n) is 6.83. The van der Waals surface area contributed by atoms with Gasteiger partial charge in [0.1, 0.15) is 18.0 Å². The molecule has 0 bridgehead atoms. The molecule has 19 heavy (non-hydrogen) atoms. The fraction of sp³-hybridized carbons (Fsp3) is 0.692. The second-order valence-corrected chi connectivity index (χ2v) is 4.44. The Bertz CT molecular complexity index is 374. The normalized spacial score (nSPS) is 12.2. The van der Waals surface area contributed by atoms with Gasteiger partial charge < -0.3 is 20.8 Å². The van der Waals surface area contributed by atoms with Gasteiger partial charge in [-0.1, -0.05) is 20.3 Å². The Morgan fingerprint density at radius 1 is 1.16 bits per heavy atom. The van der Waals surface area contributed by atoms with Crippen molar-refractivity contribution in [3.05, 3.63) is 11.9 Å². The summed E-state index contributed by atoms with van der Waals surface area (Å²) in [6.07, 6.45) is 3.61. The van der Waals surface area contributed by atoms with Crippen LogP contribution in [0.15, 0.2) is 6.33 Å². The lowest BCUT2D eigenvalue weighted by Crippen LogP contribution is -2.24. The van der Waals surface area contributed by atoms with E-state index in [2.05, 4.69) is 34.4 Å². The molecule has 6 nitrogen and oxygen atoms in total. The van der Waals surface area contributed by atoms with Crippen molar-refractivity contribution in [2.45, 2.75) is 39.2 Å². The fourth-order valence-electron chi connectivity index (χ4n) is 1.73. The maximum Gasteiger partial charge on any atom is 0.134 e. The number of aromatic nitrogens is 2. The average Bonchev–Trinajstić information content (AvgIpc) is 2.44. The topological polar surface area (TPSA) is 90.3 Å². The zero-order valence-corrected chi connectivity index (χ0v) is 11.7. The van der Waals surface area contributed by atoms with E-state index in [0.717, 1.165) is 43.0 Å². The van der Waals surface area contributed by atoms with Crippen LogP contribution >= 0.6 is 0 Å². The minimum absolute atomic E-state index is 0.262. The summed E-state index contributed by atoms with van der Waals surface area (Å²) in [5.74, 6) is 1.57. The molecule has 0 aliphatic rings. The predicted octanol–water partition coefficient (Wildman–Crippen LogP) is 1.02. The molecule has 0 aliphatic carbocycles. The minimum Gasteiger partial charge on any atom is -0.394 e. The monoisotopic (exact) mass is 268 g/mol. The first-order valence-corrected chi connectivity index (χ1v) is 6.83. The quantitative estimate of drug-likeness (QED) is 0.534. The molecule has 0 saturated heterocycles. The van der Waals surface area contributed by atoms with Crippen LogP contribution in [0.1, 0.15) is 32.3 Å². The van der Waals surface area contributed by atoms with Crippen molar-refractivity contribution in [1.29, 1.82) is 0 Å². The standard InChI is InChI=1S/C13H24N4O2/c1-3-5-11-12(14-6-4-2)16-9-17-13(11)15-7-10(19)8-18/h9-10,18-19H,3-8H2,1-2H3,(H2,14,15,16,17). The number of rotatable bonds is 9. The predicted molar refractivity (Wildman–Crippen MR) is 76.4 cm³/mol. The summed E-state index contributed by atoms with van der Waals surface area (Å²) in [5.41, 5.74) is 1.03. The fourth-order valence-corrected chi connectivity index (χ4v) is 1.73. The van der Waals surface area contributed by atoms with Gasteiger partial charge in [-0.05, 0) is 12.8 Å². The molecule has 1 atom stereocenters. The molecular weight excluding hydrogens is 244 g/mol. The van der Waals surface area contributed by atoms with Crippen molar-refractivity contribution in [2.24, 2.45) is 0 Å². The second kappa shape index (κ2) is 8.66. The Hall–Kier alpha value is -1.40. The van der Waals surface area contributed by atoms with Gasteiger partial charge in [-0.15, -0.1) is 0 Å². The SMILES string of the molecule is CCCNc1ncnc(NCC(O)CO)c1CCC. The molecular formula is C13H24N4O2. The number of aliphatic hydroxyl groups is 2. The van der Waals surface area contributed by atoms with Crippen molar-refractivity contribution in [1.82, 2.24) is 9.97 Å². The molecule has 6 heteroatoms. The van der Waals surface area contributed by atoms with Crippen molar-refractivity contribution in [2.75, 3.05) is 30.3 Å². The lowest BCUT2D eigenvalue weighted by molar-refractivity contribution is 0.105. The smallest absolute Gasteiger partial charge is 0.134 e. The summed E-state index contributed by atoms with van der Waals surface area (Å²) in [6, 6.07) is 0. The minimum atomic E-state index is -0.781.